The molecule has 0 aromatic heterocycles. The Morgan fingerprint density at radius 1 is 0.432 bits per heavy atom. The van der Waals surface area contributed by atoms with Crippen LogP contribution in [-0.2, 0) is 37.3 Å². The van der Waals surface area contributed by atoms with Crippen LogP contribution < -0.4 is 0 Å². The van der Waals surface area contributed by atoms with Gasteiger partial charge in [0.2, 0.25) is 0 Å². The summed E-state index contributed by atoms with van der Waals surface area (Å²) in [5.74, 6) is 0. The Hall–Kier alpha value is -1.74. The van der Waals surface area contributed by atoms with Crippen molar-refractivity contribution < 1.29 is 32.2 Å². The van der Waals surface area contributed by atoms with E-state index in [1.807, 2.05) is 0 Å². The quantitative estimate of drug-likeness (QED) is 0.331. The molecule has 0 aliphatic carbocycles. The second-order valence-corrected chi connectivity index (χ2v) is 20.0. The van der Waals surface area contributed by atoms with Gasteiger partial charge in [-0.3, -0.25) is 0 Å². The number of aryl methyl sites for hydroxylation is 6. The van der Waals surface area contributed by atoms with E-state index in [2.05, 4.69) is 0 Å². The third-order valence-electron chi connectivity index (χ3n) is 5.92. The Morgan fingerprint density at radius 3 is 0.892 bits per heavy atom. The molecule has 0 unspecified atom stereocenters. The molecule has 3 rings (SSSR count). The summed E-state index contributed by atoms with van der Waals surface area (Å²) in [6.45, 7) is 10.4. The summed E-state index contributed by atoms with van der Waals surface area (Å²) in [7, 11) is -13.9. The normalized spacial score (nSPS) is 12.5. The van der Waals surface area contributed by atoms with Crippen LogP contribution in [0.5, 0.6) is 0 Å². The first kappa shape index (κ1) is 29.8. The van der Waals surface area contributed by atoms with Gasteiger partial charge >= 0.3 is 229 Å². The van der Waals surface area contributed by atoms with Gasteiger partial charge < -0.3 is 0 Å². The minimum atomic E-state index is -5.38. The van der Waals surface area contributed by atoms with Crippen LogP contribution in [0.4, 0.5) is 0 Å². The molecule has 0 heterocycles. The van der Waals surface area contributed by atoms with E-state index >= 15 is 0 Å². The van der Waals surface area contributed by atoms with Gasteiger partial charge in [0.15, 0.2) is 0 Å². The van der Waals surface area contributed by atoms with Crippen LogP contribution in [-0.4, -0.2) is 48.0 Å². The average molecular weight is 670 g/mol. The van der Waals surface area contributed by atoms with Crippen LogP contribution in [0, 0.1) is 41.5 Å². The second kappa shape index (κ2) is 11.2. The van der Waals surface area contributed by atoms with E-state index in [9.17, 15) is 25.3 Å². The van der Waals surface area contributed by atoms with Crippen LogP contribution >= 0.6 is 0 Å². The Kier molecular flexibility index (Phi) is 9.00. The maximum absolute atomic E-state index is 13.0. The fraction of sp³-hybridized carbons (Fsp3) is 0.250. The van der Waals surface area contributed by atoms with E-state index < -0.39 is 53.1 Å². The van der Waals surface area contributed by atoms with Gasteiger partial charge in [0.1, 0.15) is 0 Å². The van der Waals surface area contributed by atoms with Gasteiger partial charge in [-0.1, -0.05) is 0 Å². The van der Waals surface area contributed by atoms with Crippen LogP contribution in [0.1, 0.15) is 33.4 Å². The topological polar surface area (TPSA) is 130 Å². The van der Waals surface area contributed by atoms with Gasteiger partial charge in [0, 0.05) is 0 Å². The molecule has 0 fully saturated rings. The molecule has 0 bridgehead atoms. The van der Waals surface area contributed by atoms with Crippen molar-refractivity contribution in [2.24, 2.45) is 0 Å². The van der Waals surface area contributed by atoms with E-state index in [1.54, 1.807) is 59.7 Å². The van der Waals surface area contributed by atoms with Crippen molar-refractivity contribution in [1.82, 2.24) is 0 Å². The van der Waals surface area contributed by atoms with Crippen LogP contribution in [0.3, 0.4) is 0 Å². The molecule has 0 saturated carbocycles. The molecule has 0 spiro atoms. The molecular formula is C24H27InO9S3. The second-order valence-electron chi connectivity index (χ2n) is 8.68. The Balaban J connectivity index is 2.03. The average Bonchev–Trinajstić information content (AvgIpc) is 2.78. The van der Waals surface area contributed by atoms with Crippen LogP contribution in [0.15, 0.2) is 69.3 Å². The molecule has 0 aliphatic rings. The SMILES string of the molecule is Cc1ccc(S(=O)(=O)[O][In]([O]S(=O)(=O)c2ccc(C)c(C)c2)[O]S(=O)(=O)c2ccc(C)c(C)c2)cc1C. The molecule has 0 atom stereocenters. The maximum atomic E-state index is 13.0. The fourth-order valence-electron chi connectivity index (χ4n) is 3.13. The molecule has 37 heavy (non-hydrogen) atoms. The van der Waals surface area contributed by atoms with Crippen molar-refractivity contribution in [2.75, 3.05) is 0 Å². The summed E-state index contributed by atoms with van der Waals surface area (Å²) < 4.78 is 93.5. The first-order chi connectivity index (χ1) is 17.0. The standard InChI is InChI=1S/3C8H10O3S.In/c3*1-6-3-4-8(5-7(6)2)12(9,10)11;/h3*3-5H,1-2H3,(H,9,10,11);/q;;;+3/p-3. The first-order valence-electron chi connectivity index (χ1n) is 11.0. The van der Waals surface area contributed by atoms with E-state index in [1.165, 1.54) is 36.4 Å². The molecule has 198 valence electrons. The summed E-state index contributed by atoms with van der Waals surface area (Å²) in [6.07, 6.45) is 0. The minimum absolute atomic E-state index is 0.281. The summed E-state index contributed by atoms with van der Waals surface area (Å²) in [5.41, 5.74) is 4.39. The zero-order chi connectivity index (χ0) is 27.8. The summed E-state index contributed by atoms with van der Waals surface area (Å²) >= 11 is -5.38. The number of hydrogen-bond donors (Lipinski definition) is 0. The van der Waals surface area contributed by atoms with Crippen molar-refractivity contribution in [3.8, 4) is 0 Å². The van der Waals surface area contributed by atoms with Gasteiger partial charge in [-0.15, -0.1) is 0 Å². The zero-order valence-electron chi connectivity index (χ0n) is 21.2. The van der Waals surface area contributed by atoms with Gasteiger partial charge in [0.05, 0.1) is 0 Å². The predicted octanol–water partition coefficient (Wildman–Crippen LogP) is 4.04. The summed E-state index contributed by atoms with van der Waals surface area (Å²) in [4.78, 5) is -0.843. The van der Waals surface area contributed by atoms with Crippen LogP contribution in [0.2, 0.25) is 0 Å². The molecule has 0 saturated heterocycles. The van der Waals surface area contributed by atoms with Gasteiger partial charge in [-0.2, -0.15) is 0 Å². The monoisotopic (exact) mass is 670 g/mol. The molecule has 0 radical (unpaired) electrons. The van der Waals surface area contributed by atoms with E-state index in [-0.39, 0.29) is 14.7 Å². The van der Waals surface area contributed by atoms with Crippen molar-refractivity contribution in [2.45, 2.75) is 56.2 Å². The van der Waals surface area contributed by atoms with Gasteiger partial charge in [-0.05, 0) is 0 Å². The molecule has 9 nitrogen and oxygen atoms in total. The van der Waals surface area contributed by atoms with Gasteiger partial charge in [0.25, 0.3) is 0 Å². The third kappa shape index (κ3) is 7.22. The zero-order valence-corrected chi connectivity index (χ0v) is 26.9. The van der Waals surface area contributed by atoms with Crippen LogP contribution in [0.25, 0.3) is 0 Å². The van der Waals surface area contributed by atoms with Crippen molar-refractivity contribution in [3.63, 3.8) is 0 Å². The predicted molar refractivity (Wildman–Crippen MR) is 138 cm³/mol. The fourth-order valence-corrected chi connectivity index (χ4v) is 16.8. The van der Waals surface area contributed by atoms with E-state index in [0.717, 1.165) is 16.7 Å². The summed E-state index contributed by atoms with van der Waals surface area (Å²) in [5, 5.41) is 0. The van der Waals surface area contributed by atoms with E-state index in [0.29, 0.717) is 16.7 Å². The first-order valence-corrected chi connectivity index (χ1v) is 19.3. The molecule has 0 amide bonds. The summed E-state index contributed by atoms with van der Waals surface area (Å²) in [6, 6.07) is 12.5. The van der Waals surface area contributed by atoms with Crippen molar-refractivity contribution in [3.05, 3.63) is 88.0 Å². The van der Waals surface area contributed by atoms with E-state index in [4.69, 9.17) is 6.90 Å². The molecule has 3 aromatic carbocycles. The number of rotatable bonds is 9. The van der Waals surface area contributed by atoms with Crippen molar-refractivity contribution >= 4 is 53.1 Å². The third-order valence-corrected chi connectivity index (χ3v) is 20.2. The molecule has 3 aromatic rings. The van der Waals surface area contributed by atoms with Crippen molar-refractivity contribution in [1.29, 1.82) is 0 Å². The number of hydrogen-bond acceptors (Lipinski definition) is 9. The molecular weight excluding hydrogens is 643 g/mol. The Morgan fingerprint density at radius 2 is 0.676 bits per heavy atom. The molecule has 0 N–H and O–H groups in total. The Labute approximate surface area is 228 Å². The molecule has 0 aliphatic heterocycles. The number of benzene rings is 3. The Bertz CT molecular complexity index is 1460. The van der Waals surface area contributed by atoms with Gasteiger partial charge in [-0.25, -0.2) is 0 Å². The molecule has 13 heteroatoms.